The van der Waals surface area contributed by atoms with Crippen LogP contribution in [0.15, 0.2) is 90.0 Å². The summed E-state index contributed by atoms with van der Waals surface area (Å²) in [6.45, 7) is 2.24. The number of halogens is 1. The van der Waals surface area contributed by atoms with Gasteiger partial charge >= 0.3 is 0 Å². The summed E-state index contributed by atoms with van der Waals surface area (Å²) >= 11 is 6.31. The predicted octanol–water partition coefficient (Wildman–Crippen LogP) is 5.74. The molecule has 5 rings (SSSR count). The van der Waals surface area contributed by atoms with Crippen molar-refractivity contribution in [3.8, 4) is 11.4 Å². The number of sulfonamides is 1. The quantitative estimate of drug-likeness (QED) is 0.375. The molecule has 0 amide bonds. The average molecular weight is 479 g/mol. The Hall–Kier alpha value is -3.06. The van der Waals surface area contributed by atoms with Crippen LogP contribution in [0.2, 0.25) is 5.02 Å². The van der Waals surface area contributed by atoms with Crippen molar-refractivity contribution in [2.24, 2.45) is 0 Å². The third-order valence-electron chi connectivity index (χ3n) is 6.05. The third kappa shape index (κ3) is 3.74. The zero-order valence-electron chi connectivity index (χ0n) is 18.3. The molecule has 1 aliphatic heterocycles. The van der Waals surface area contributed by atoms with E-state index in [-0.39, 0.29) is 16.5 Å². The molecule has 7 heteroatoms. The summed E-state index contributed by atoms with van der Waals surface area (Å²) in [6, 6.07) is 23.9. The monoisotopic (exact) mass is 478 g/mol. The fraction of sp³-hybridized carbons (Fsp3) is 0.154. The van der Waals surface area contributed by atoms with E-state index < -0.39 is 16.1 Å². The topological polar surface area (TPSA) is 51.5 Å². The van der Waals surface area contributed by atoms with Crippen LogP contribution >= 0.6 is 11.6 Å². The SMILES string of the molecule is COc1ccc(S(=O)(=O)N2Cc3ccccc3-n3cccc3[C@H]2c2ccc(C)cc2)cc1Cl. The minimum atomic E-state index is -3.92. The zero-order chi connectivity index (χ0) is 23.2. The summed E-state index contributed by atoms with van der Waals surface area (Å²) in [5.74, 6) is 0.431. The molecule has 1 aromatic heterocycles. The fourth-order valence-corrected chi connectivity index (χ4v) is 6.29. The molecule has 4 aromatic rings. The normalized spacial score (nSPS) is 16.0. The van der Waals surface area contributed by atoms with Crippen molar-refractivity contribution in [2.45, 2.75) is 24.4 Å². The average Bonchev–Trinajstić information content (AvgIpc) is 3.24. The van der Waals surface area contributed by atoms with Crippen molar-refractivity contribution in [1.82, 2.24) is 8.87 Å². The molecule has 1 atom stereocenters. The number of rotatable bonds is 4. The number of para-hydroxylation sites is 1. The molecule has 0 saturated carbocycles. The molecule has 0 bridgehead atoms. The van der Waals surface area contributed by atoms with E-state index in [2.05, 4.69) is 4.57 Å². The molecule has 0 aliphatic carbocycles. The number of hydrogen-bond donors (Lipinski definition) is 0. The second-order valence-electron chi connectivity index (χ2n) is 8.09. The van der Waals surface area contributed by atoms with E-state index in [1.807, 2.05) is 73.8 Å². The molecule has 5 nitrogen and oxygen atoms in total. The van der Waals surface area contributed by atoms with Gasteiger partial charge in [-0.1, -0.05) is 59.6 Å². The van der Waals surface area contributed by atoms with Gasteiger partial charge in [0.15, 0.2) is 0 Å². The maximum absolute atomic E-state index is 14.1. The molecule has 3 aromatic carbocycles. The fourth-order valence-electron chi connectivity index (χ4n) is 4.38. The number of fused-ring (bicyclic) bond motifs is 3. The van der Waals surface area contributed by atoms with Gasteiger partial charge in [0.05, 0.1) is 23.1 Å². The van der Waals surface area contributed by atoms with Gasteiger partial charge in [-0.05, 0) is 54.4 Å². The number of hydrogen-bond acceptors (Lipinski definition) is 3. The molecule has 0 saturated heterocycles. The standard InChI is InChI=1S/C26H23ClN2O3S/c1-18-9-11-19(12-10-18)26-24-8-5-15-28(24)23-7-4-3-6-20(23)17-29(26)33(30,31)21-13-14-25(32-2)22(27)16-21/h3-16,26H,17H2,1-2H3/t26-/m1/s1. The Balaban J connectivity index is 1.74. The number of aryl methyl sites for hydroxylation is 1. The first kappa shape index (κ1) is 21.8. The number of methoxy groups -OCH3 is 1. The largest absolute Gasteiger partial charge is 0.495 e. The van der Waals surface area contributed by atoms with Gasteiger partial charge in [-0.3, -0.25) is 0 Å². The highest BCUT2D eigenvalue weighted by molar-refractivity contribution is 7.89. The molecule has 0 fully saturated rings. The van der Waals surface area contributed by atoms with Gasteiger partial charge in [0, 0.05) is 24.1 Å². The molecule has 2 heterocycles. The van der Waals surface area contributed by atoms with E-state index in [0.29, 0.717) is 5.75 Å². The molecule has 0 spiro atoms. The van der Waals surface area contributed by atoms with Crippen LogP contribution in [-0.4, -0.2) is 24.4 Å². The highest BCUT2D eigenvalue weighted by atomic mass is 35.5. The van der Waals surface area contributed by atoms with Gasteiger partial charge in [0.2, 0.25) is 10.0 Å². The minimum absolute atomic E-state index is 0.128. The number of benzene rings is 3. The van der Waals surface area contributed by atoms with Crippen LogP contribution in [0.5, 0.6) is 5.75 Å². The Morgan fingerprint density at radius 1 is 0.970 bits per heavy atom. The van der Waals surface area contributed by atoms with E-state index in [1.165, 1.54) is 13.2 Å². The van der Waals surface area contributed by atoms with E-state index in [0.717, 1.165) is 28.1 Å². The van der Waals surface area contributed by atoms with E-state index in [4.69, 9.17) is 16.3 Å². The van der Waals surface area contributed by atoms with Crippen LogP contribution < -0.4 is 4.74 Å². The highest BCUT2D eigenvalue weighted by Gasteiger charge is 2.38. The van der Waals surface area contributed by atoms with Crippen LogP contribution in [0.25, 0.3) is 5.69 Å². The predicted molar refractivity (Wildman–Crippen MR) is 130 cm³/mol. The highest BCUT2D eigenvalue weighted by Crippen LogP contribution is 2.40. The van der Waals surface area contributed by atoms with Crippen LogP contribution in [0.1, 0.15) is 28.4 Å². The Morgan fingerprint density at radius 2 is 1.73 bits per heavy atom. The molecule has 0 N–H and O–H groups in total. The summed E-state index contributed by atoms with van der Waals surface area (Å²) in [7, 11) is -2.42. The maximum Gasteiger partial charge on any atom is 0.244 e. The lowest BCUT2D eigenvalue weighted by Crippen LogP contribution is -2.34. The van der Waals surface area contributed by atoms with Gasteiger partial charge in [-0.15, -0.1) is 0 Å². The lowest BCUT2D eigenvalue weighted by molar-refractivity contribution is 0.353. The Morgan fingerprint density at radius 3 is 2.45 bits per heavy atom. The number of nitrogens with zero attached hydrogens (tertiary/aromatic N) is 2. The second-order valence-corrected chi connectivity index (χ2v) is 10.4. The Bertz CT molecular complexity index is 1430. The minimum Gasteiger partial charge on any atom is -0.495 e. The second kappa shape index (κ2) is 8.37. The maximum atomic E-state index is 14.1. The molecule has 1 aliphatic rings. The van der Waals surface area contributed by atoms with E-state index in [9.17, 15) is 8.42 Å². The summed E-state index contributed by atoms with van der Waals surface area (Å²) < 4.78 is 37.1. The lowest BCUT2D eigenvalue weighted by atomic mass is 10.0. The number of aromatic nitrogens is 1. The van der Waals surface area contributed by atoms with Crippen LogP contribution in [0, 0.1) is 6.92 Å². The molecule has 168 valence electrons. The van der Waals surface area contributed by atoms with Crippen LogP contribution in [0.3, 0.4) is 0 Å². The molecular weight excluding hydrogens is 456 g/mol. The summed E-state index contributed by atoms with van der Waals surface area (Å²) in [5.41, 5.74) is 4.79. The van der Waals surface area contributed by atoms with E-state index >= 15 is 0 Å². The third-order valence-corrected chi connectivity index (χ3v) is 8.15. The van der Waals surface area contributed by atoms with Crippen LogP contribution in [-0.2, 0) is 16.6 Å². The van der Waals surface area contributed by atoms with Crippen molar-refractivity contribution >= 4 is 21.6 Å². The lowest BCUT2D eigenvalue weighted by Gasteiger charge is -2.30. The molecule has 0 radical (unpaired) electrons. The van der Waals surface area contributed by atoms with Gasteiger partial charge in [-0.25, -0.2) is 8.42 Å². The first-order valence-corrected chi connectivity index (χ1v) is 12.4. The molecule has 33 heavy (non-hydrogen) atoms. The summed E-state index contributed by atoms with van der Waals surface area (Å²) in [6.07, 6.45) is 1.98. The van der Waals surface area contributed by atoms with Crippen LogP contribution in [0.4, 0.5) is 0 Å². The van der Waals surface area contributed by atoms with Crippen molar-refractivity contribution in [3.63, 3.8) is 0 Å². The zero-order valence-corrected chi connectivity index (χ0v) is 19.8. The van der Waals surface area contributed by atoms with E-state index in [1.54, 1.807) is 16.4 Å². The van der Waals surface area contributed by atoms with Crippen molar-refractivity contribution < 1.29 is 13.2 Å². The molecular formula is C26H23ClN2O3S. The van der Waals surface area contributed by atoms with Crippen molar-refractivity contribution in [2.75, 3.05) is 7.11 Å². The van der Waals surface area contributed by atoms with Gasteiger partial charge in [0.25, 0.3) is 0 Å². The number of ether oxygens (including phenoxy) is 1. The van der Waals surface area contributed by atoms with Crippen molar-refractivity contribution in [1.29, 1.82) is 0 Å². The van der Waals surface area contributed by atoms with Crippen molar-refractivity contribution in [3.05, 3.63) is 112 Å². The van der Waals surface area contributed by atoms with Gasteiger partial charge < -0.3 is 9.30 Å². The Kier molecular flexibility index (Phi) is 5.52. The first-order chi connectivity index (χ1) is 15.9. The summed E-state index contributed by atoms with van der Waals surface area (Å²) in [4.78, 5) is 0.128. The van der Waals surface area contributed by atoms with Gasteiger partial charge in [-0.2, -0.15) is 4.31 Å². The molecule has 0 unspecified atom stereocenters. The smallest absolute Gasteiger partial charge is 0.244 e. The Labute approximate surface area is 198 Å². The first-order valence-electron chi connectivity index (χ1n) is 10.6. The van der Waals surface area contributed by atoms with Gasteiger partial charge in [0.1, 0.15) is 5.75 Å². The summed E-state index contributed by atoms with van der Waals surface area (Å²) in [5, 5.41) is 0.254.